The number of methoxy groups -OCH3 is 1. The number of hydrogen-bond donors (Lipinski definition) is 1. The van der Waals surface area contributed by atoms with Gasteiger partial charge in [0.25, 0.3) is 0 Å². The van der Waals surface area contributed by atoms with E-state index in [1.54, 1.807) is 7.11 Å². The first-order valence-corrected chi connectivity index (χ1v) is 7.40. The molecule has 1 unspecified atom stereocenters. The van der Waals surface area contributed by atoms with Crippen molar-refractivity contribution < 1.29 is 9.84 Å². The topological polar surface area (TPSA) is 29.5 Å². The average Bonchev–Trinajstić information content (AvgIpc) is 2.46. The lowest BCUT2D eigenvalue weighted by Gasteiger charge is -2.16. The Balaban J connectivity index is 2.10. The van der Waals surface area contributed by atoms with E-state index in [0.717, 1.165) is 35.3 Å². The maximum Gasteiger partial charge on any atom is 0.122 e. The maximum atomic E-state index is 10.5. The zero-order valence-corrected chi connectivity index (χ0v) is 13.3. The summed E-state index contributed by atoms with van der Waals surface area (Å²) in [5.74, 6) is 0.877. The van der Waals surface area contributed by atoms with Gasteiger partial charge < -0.3 is 9.84 Å². The van der Waals surface area contributed by atoms with Crippen molar-refractivity contribution in [1.29, 1.82) is 0 Å². The van der Waals surface area contributed by atoms with Crippen molar-refractivity contribution in [3.63, 3.8) is 0 Å². The molecule has 2 aromatic carbocycles. The minimum absolute atomic E-state index is 0.435. The Labute approximate surface area is 127 Å². The molecule has 1 N–H and O–H groups in total. The summed E-state index contributed by atoms with van der Waals surface area (Å²) in [4.78, 5) is 0. The highest BCUT2D eigenvalue weighted by Crippen LogP contribution is 2.28. The summed E-state index contributed by atoms with van der Waals surface area (Å²) in [6, 6.07) is 12.5. The Morgan fingerprint density at radius 2 is 1.81 bits per heavy atom. The van der Waals surface area contributed by atoms with Crippen LogP contribution in [0.2, 0.25) is 0 Å². The minimum atomic E-state index is -0.435. The van der Waals surface area contributed by atoms with Gasteiger partial charge in [0.2, 0.25) is 0 Å². The lowest BCUT2D eigenvalue weighted by atomic mass is 9.95. The third-order valence-corrected chi connectivity index (χ3v) is 3.93. The SMILES string of the molecule is COc1cc(C)c(C(O)CCc2cccc(C)c2)cc1C. The molecular formula is C19H24O2. The van der Waals surface area contributed by atoms with Crippen LogP contribution in [0.15, 0.2) is 36.4 Å². The second kappa shape index (κ2) is 6.77. The molecular weight excluding hydrogens is 260 g/mol. The van der Waals surface area contributed by atoms with Gasteiger partial charge in [-0.15, -0.1) is 0 Å². The Bertz CT molecular complexity index is 617. The van der Waals surface area contributed by atoms with Gasteiger partial charge in [0.15, 0.2) is 0 Å². The van der Waals surface area contributed by atoms with Crippen molar-refractivity contribution >= 4 is 0 Å². The van der Waals surface area contributed by atoms with Gasteiger partial charge in [-0.3, -0.25) is 0 Å². The maximum absolute atomic E-state index is 10.5. The quantitative estimate of drug-likeness (QED) is 0.887. The van der Waals surface area contributed by atoms with E-state index in [-0.39, 0.29) is 0 Å². The van der Waals surface area contributed by atoms with Crippen LogP contribution in [0.25, 0.3) is 0 Å². The Hall–Kier alpha value is -1.80. The van der Waals surface area contributed by atoms with Crippen molar-refractivity contribution in [2.45, 2.75) is 39.7 Å². The van der Waals surface area contributed by atoms with Gasteiger partial charge in [-0.25, -0.2) is 0 Å². The van der Waals surface area contributed by atoms with Crippen LogP contribution >= 0.6 is 0 Å². The highest BCUT2D eigenvalue weighted by molar-refractivity contribution is 5.42. The highest BCUT2D eigenvalue weighted by Gasteiger charge is 2.13. The van der Waals surface area contributed by atoms with Crippen LogP contribution in [0.5, 0.6) is 5.75 Å². The van der Waals surface area contributed by atoms with E-state index < -0.39 is 6.10 Å². The van der Waals surface area contributed by atoms with Crippen LogP contribution in [-0.2, 0) is 6.42 Å². The fourth-order valence-electron chi connectivity index (χ4n) is 2.72. The smallest absolute Gasteiger partial charge is 0.122 e. The first-order valence-electron chi connectivity index (χ1n) is 7.40. The Morgan fingerprint density at radius 1 is 1.05 bits per heavy atom. The van der Waals surface area contributed by atoms with Gasteiger partial charge in [-0.1, -0.05) is 29.8 Å². The zero-order valence-electron chi connectivity index (χ0n) is 13.3. The van der Waals surface area contributed by atoms with Crippen LogP contribution < -0.4 is 4.74 Å². The summed E-state index contributed by atoms with van der Waals surface area (Å²) in [6.07, 6.45) is 1.18. The molecule has 2 rings (SSSR count). The van der Waals surface area contributed by atoms with Crippen molar-refractivity contribution in [3.8, 4) is 5.75 Å². The molecule has 0 fully saturated rings. The Morgan fingerprint density at radius 3 is 2.48 bits per heavy atom. The molecule has 0 aliphatic rings. The minimum Gasteiger partial charge on any atom is -0.496 e. The molecule has 0 spiro atoms. The summed E-state index contributed by atoms with van der Waals surface area (Å²) in [6.45, 7) is 6.12. The van der Waals surface area contributed by atoms with Crippen LogP contribution in [0.1, 0.15) is 40.3 Å². The first-order chi connectivity index (χ1) is 10.0. The van der Waals surface area contributed by atoms with E-state index in [4.69, 9.17) is 4.74 Å². The molecule has 21 heavy (non-hydrogen) atoms. The molecule has 1 atom stereocenters. The second-order valence-electron chi connectivity index (χ2n) is 5.72. The third-order valence-electron chi connectivity index (χ3n) is 3.93. The predicted molar refractivity (Wildman–Crippen MR) is 86.9 cm³/mol. The van der Waals surface area contributed by atoms with Crippen molar-refractivity contribution in [2.75, 3.05) is 7.11 Å². The summed E-state index contributed by atoms with van der Waals surface area (Å²) < 4.78 is 5.32. The number of aliphatic hydroxyl groups is 1. The van der Waals surface area contributed by atoms with Gasteiger partial charge in [0.05, 0.1) is 13.2 Å². The lowest BCUT2D eigenvalue weighted by molar-refractivity contribution is 0.167. The van der Waals surface area contributed by atoms with Crippen LogP contribution in [0.4, 0.5) is 0 Å². The van der Waals surface area contributed by atoms with E-state index in [2.05, 4.69) is 31.2 Å². The van der Waals surface area contributed by atoms with Crippen LogP contribution in [0, 0.1) is 20.8 Å². The van der Waals surface area contributed by atoms with Crippen molar-refractivity contribution in [2.24, 2.45) is 0 Å². The van der Waals surface area contributed by atoms with Crippen molar-refractivity contribution in [1.82, 2.24) is 0 Å². The molecule has 0 aliphatic heterocycles. The molecule has 0 saturated heterocycles. The molecule has 0 aliphatic carbocycles. The summed E-state index contributed by atoms with van der Waals surface area (Å²) in [5, 5.41) is 10.5. The number of aliphatic hydroxyl groups excluding tert-OH is 1. The fourth-order valence-corrected chi connectivity index (χ4v) is 2.72. The zero-order chi connectivity index (χ0) is 15.4. The molecule has 0 heterocycles. The molecule has 2 nitrogen and oxygen atoms in total. The van der Waals surface area contributed by atoms with Gasteiger partial charge in [-0.05, 0) is 68.0 Å². The molecule has 0 saturated carbocycles. The molecule has 2 heteroatoms. The normalized spacial score (nSPS) is 12.2. The third kappa shape index (κ3) is 3.85. The van der Waals surface area contributed by atoms with E-state index in [1.807, 2.05) is 26.0 Å². The van der Waals surface area contributed by atoms with Gasteiger partial charge in [0.1, 0.15) is 5.75 Å². The number of benzene rings is 2. The van der Waals surface area contributed by atoms with Gasteiger partial charge in [0, 0.05) is 0 Å². The highest BCUT2D eigenvalue weighted by atomic mass is 16.5. The summed E-state index contributed by atoms with van der Waals surface area (Å²) in [5.41, 5.74) is 5.68. The molecule has 112 valence electrons. The molecule has 0 amide bonds. The average molecular weight is 284 g/mol. The van der Waals surface area contributed by atoms with Gasteiger partial charge >= 0.3 is 0 Å². The molecule has 0 aromatic heterocycles. The van der Waals surface area contributed by atoms with Crippen LogP contribution in [0.3, 0.4) is 0 Å². The van der Waals surface area contributed by atoms with Crippen LogP contribution in [-0.4, -0.2) is 12.2 Å². The monoisotopic (exact) mass is 284 g/mol. The number of ether oxygens (including phenoxy) is 1. The number of hydrogen-bond acceptors (Lipinski definition) is 2. The van der Waals surface area contributed by atoms with E-state index in [1.165, 1.54) is 11.1 Å². The predicted octanol–water partition coefficient (Wildman–Crippen LogP) is 4.29. The Kier molecular flexibility index (Phi) is 5.03. The largest absolute Gasteiger partial charge is 0.496 e. The molecule has 0 radical (unpaired) electrons. The van der Waals surface area contributed by atoms with Gasteiger partial charge in [-0.2, -0.15) is 0 Å². The van der Waals surface area contributed by atoms with E-state index in [9.17, 15) is 5.11 Å². The number of aryl methyl sites for hydroxylation is 4. The standard InChI is InChI=1S/C19H24O2/c1-13-6-5-7-16(10-13)8-9-18(20)17-11-15(3)19(21-4)12-14(17)2/h5-7,10-12,18,20H,8-9H2,1-4H3. The lowest BCUT2D eigenvalue weighted by Crippen LogP contribution is -2.03. The number of rotatable bonds is 5. The van der Waals surface area contributed by atoms with Crippen molar-refractivity contribution in [3.05, 3.63) is 64.2 Å². The molecule has 0 bridgehead atoms. The summed E-state index contributed by atoms with van der Waals surface area (Å²) >= 11 is 0. The fraction of sp³-hybridized carbons (Fsp3) is 0.368. The van der Waals surface area contributed by atoms with E-state index in [0.29, 0.717) is 0 Å². The summed E-state index contributed by atoms with van der Waals surface area (Å²) in [7, 11) is 1.68. The second-order valence-corrected chi connectivity index (χ2v) is 5.72. The molecule has 2 aromatic rings. The van der Waals surface area contributed by atoms with E-state index >= 15 is 0 Å². The first kappa shape index (κ1) is 15.6.